The summed E-state index contributed by atoms with van der Waals surface area (Å²) in [6, 6.07) is 9.00. The Morgan fingerprint density at radius 1 is 1.19 bits per heavy atom. The van der Waals surface area contributed by atoms with Gasteiger partial charge in [0.05, 0.1) is 17.3 Å². The number of benzene rings is 1. The van der Waals surface area contributed by atoms with E-state index in [1.165, 1.54) is 17.8 Å². The Bertz CT molecular complexity index is 1030. The summed E-state index contributed by atoms with van der Waals surface area (Å²) in [7, 11) is -3.74. The summed E-state index contributed by atoms with van der Waals surface area (Å²) >= 11 is 0. The summed E-state index contributed by atoms with van der Waals surface area (Å²) in [5, 5.41) is 4.50. The molecule has 8 heteroatoms. The lowest BCUT2D eigenvalue weighted by molar-refractivity contribution is 0.439. The Balaban J connectivity index is 1.74. The average Bonchev–Trinajstić information content (AvgIpc) is 3.08. The van der Waals surface area contributed by atoms with Crippen LogP contribution in [0.3, 0.4) is 0 Å². The van der Waals surface area contributed by atoms with Crippen molar-refractivity contribution >= 4 is 21.1 Å². The number of aromatic nitrogens is 2. The molecular formula is C19H24N4O3S. The van der Waals surface area contributed by atoms with Gasteiger partial charge in [0.25, 0.3) is 5.71 Å². The van der Waals surface area contributed by atoms with Crippen LogP contribution >= 0.6 is 0 Å². The Kier molecular flexibility index (Phi) is 5.59. The van der Waals surface area contributed by atoms with Crippen molar-refractivity contribution in [3.8, 4) is 0 Å². The molecule has 0 amide bonds. The predicted octanol–water partition coefficient (Wildman–Crippen LogP) is 2.89. The first-order valence-electron chi connectivity index (χ1n) is 8.91. The van der Waals surface area contributed by atoms with Crippen molar-refractivity contribution in [1.82, 2.24) is 14.9 Å². The molecule has 0 spiro atoms. The van der Waals surface area contributed by atoms with Crippen molar-refractivity contribution in [3.05, 3.63) is 53.3 Å². The first-order valence-corrected chi connectivity index (χ1v) is 10.4. The van der Waals surface area contributed by atoms with E-state index in [4.69, 9.17) is 10.3 Å². The fraction of sp³-hybridized carbons (Fsp3) is 0.368. The highest BCUT2D eigenvalue weighted by Crippen LogP contribution is 2.21. The number of pyridine rings is 1. The van der Waals surface area contributed by atoms with Crippen molar-refractivity contribution in [2.24, 2.45) is 5.73 Å². The Morgan fingerprint density at radius 2 is 1.85 bits per heavy atom. The second kappa shape index (κ2) is 7.75. The number of fused-ring (bicyclic) bond motifs is 1. The molecule has 7 nitrogen and oxygen atoms in total. The third-order valence-corrected chi connectivity index (χ3v) is 5.94. The second-order valence-corrected chi connectivity index (χ2v) is 8.55. The van der Waals surface area contributed by atoms with Gasteiger partial charge < -0.3 is 10.3 Å². The molecule has 3 N–H and O–H groups in total. The van der Waals surface area contributed by atoms with Crippen molar-refractivity contribution in [1.29, 1.82) is 0 Å². The summed E-state index contributed by atoms with van der Waals surface area (Å²) in [5.74, 6) is 0.432. The molecule has 1 aromatic carbocycles. The molecule has 0 aliphatic carbocycles. The Morgan fingerprint density at radius 3 is 2.48 bits per heavy atom. The fourth-order valence-corrected chi connectivity index (χ4v) is 3.82. The summed E-state index contributed by atoms with van der Waals surface area (Å²) in [4.78, 5) is 4.11. The maximum Gasteiger partial charge on any atom is 0.258 e. The lowest BCUT2D eigenvalue weighted by Crippen LogP contribution is -2.32. The van der Waals surface area contributed by atoms with E-state index in [1.807, 2.05) is 31.2 Å². The van der Waals surface area contributed by atoms with Gasteiger partial charge in [-0.3, -0.25) is 0 Å². The van der Waals surface area contributed by atoms with Gasteiger partial charge in [0, 0.05) is 12.6 Å². The molecule has 0 aliphatic heterocycles. The van der Waals surface area contributed by atoms with Gasteiger partial charge in [-0.25, -0.2) is 18.1 Å². The standard InChI is InChI=1S/C19H24N4O3S/c1-4-18-16-9-15(10-21-19(16)26-23-18)27(24,25)22-11-17(20)14-7-5-13(6-8-14)12(2)3/h5-10,12,17,22H,4,11,20H2,1-3H3/t17-/m1/s1. The van der Waals surface area contributed by atoms with Crippen LogP contribution in [0.1, 0.15) is 49.6 Å². The van der Waals surface area contributed by atoms with E-state index in [0.717, 1.165) is 5.56 Å². The van der Waals surface area contributed by atoms with Crippen molar-refractivity contribution in [2.45, 2.75) is 44.0 Å². The van der Waals surface area contributed by atoms with Crippen LogP contribution in [-0.4, -0.2) is 25.1 Å². The molecule has 1 atom stereocenters. The van der Waals surface area contributed by atoms with Gasteiger partial charge in [-0.05, 0) is 29.5 Å². The zero-order valence-corrected chi connectivity index (χ0v) is 16.5. The molecule has 0 bridgehead atoms. The van der Waals surface area contributed by atoms with E-state index in [9.17, 15) is 8.42 Å². The summed E-state index contributed by atoms with van der Waals surface area (Å²) in [5.41, 5.74) is 9.25. The second-order valence-electron chi connectivity index (χ2n) is 6.79. The van der Waals surface area contributed by atoms with Crippen LogP contribution in [0.5, 0.6) is 0 Å². The minimum atomic E-state index is -3.74. The lowest BCUT2D eigenvalue weighted by Gasteiger charge is -2.15. The predicted molar refractivity (Wildman–Crippen MR) is 104 cm³/mol. The first-order chi connectivity index (χ1) is 12.8. The highest BCUT2D eigenvalue weighted by atomic mass is 32.2. The number of rotatable bonds is 7. The van der Waals surface area contributed by atoms with Crippen LogP contribution < -0.4 is 10.5 Å². The van der Waals surface area contributed by atoms with Gasteiger partial charge in [-0.2, -0.15) is 0 Å². The molecule has 27 heavy (non-hydrogen) atoms. The number of nitrogens with two attached hydrogens (primary N) is 1. The lowest BCUT2D eigenvalue weighted by atomic mass is 9.99. The van der Waals surface area contributed by atoms with E-state index in [1.54, 1.807) is 0 Å². The normalized spacial score (nSPS) is 13.4. The molecule has 144 valence electrons. The molecule has 0 fully saturated rings. The minimum absolute atomic E-state index is 0.0651. The zero-order chi connectivity index (χ0) is 19.6. The van der Waals surface area contributed by atoms with E-state index in [0.29, 0.717) is 29.1 Å². The third kappa shape index (κ3) is 4.18. The molecular weight excluding hydrogens is 364 g/mol. The molecule has 2 aromatic heterocycles. The first kappa shape index (κ1) is 19.5. The van der Waals surface area contributed by atoms with E-state index in [-0.39, 0.29) is 11.4 Å². The van der Waals surface area contributed by atoms with Gasteiger partial charge >= 0.3 is 0 Å². The molecule has 3 aromatic rings. The number of hydrogen-bond acceptors (Lipinski definition) is 6. The van der Waals surface area contributed by atoms with Crippen molar-refractivity contribution in [3.63, 3.8) is 0 Å². The van der Waals surface area contributed by atoms with Crippen molar-refractivity contribution in [2.75, 3.05) is 6.54 Å². The summed E-state index contributed by atoms with van der Waals surface area (Å²) in [6.45, 7) is 6.24. The van der Waals surface area contributed by atoms with Gasteiger partial charge in [-0.15, -0.1) is 0 Å². The number of sulfonamides is 1. The zero-order valence-electron chi connectivity index (χ0n) is 15.6. The highest BCUT2D eigenvalue weighted by molar-refractivity contribution is 7.89. The Labute approximate surface area is 159 Å². The van der Waals surface area contributed by atoms with Crippen LogP contribution in [0, 0.1) is 0 Å². The molecule has 0 unspecified atom stereocenters. The third-order valence-electron chi connectivity index (χ3n) is 4.55. The van der Waals surface area contributed by atoms with E-state index in [2.05, 4.69) is 28.7 Å². The van der Waals surface area contributed by atoms with Crippen LogP contribution in [-0.2, 0) is 16.4 Å². The SMILES string of the molecule is CCc1noc2ncc(S(=O)(=O)NC[C@@H](N)c3ccc(C(C)C)cc3)cc12. The minimum Gasteiger partial charge on any atom is -0.336 e. The van der Waals surface area contributed by atoms with E-state index >= 15 is 0 Å². The van der Waals surface area contributed by atoms with E-state index < -0.39 is 16.1 Å². The van der Waals surface area contributed by atoms with Crippen LogP contribution in [0.25, 0.3) is 11.1 Å². The maximum absolute atomic E-state index is 12.6. The molecule has 0 radical (unpaired) electrons. The topological polar surface area (TPSA) is 111 Å². The fourth-order valence-electron chi connectivity index (χ4n) is 2.79. The summed E-state index contributed by atoms with van der Waals surface area (Å²) < 4.78 is 32.9. The smallest absolute Gasteiger partial charge is 0.258 e. The monoisotopic (exact) mass is 388 g/mol. The van der Waals surface area contributed by atoms with Crippen LogP contribution in [0.15, 0.2) is 45.9 Å². The van der Waals surface area contributed by atoms with Gasteiger partial charge in [0.2, 0.25) is 10.0 Å². The largest absolute Gasteiger partial charge is 0.336 e. The molecule has 2 heterocycles. The van der Waals surface area contributed by atoms with Gasteiger partial charge in [0.15, 0.2) is 0 Å². The molecule has 0 aliphatic rings. The number of aryl methyl sites for hydroxylation is 1. The number of nitrogens with zero attached hydrogens (tertiary/aromatic N) is 2. The van der Waals surface area contributed by atoms with Gasteiger partial charge in [-0.1, -0.05) is 50.2 Å². The van der Waals surface area contributed by atoms with Gasteiger partial charge in [0.1, 0.15) is 4.90 Å². The average molecular weight is 388 g/mol. The number of nitrogens with one attached hydrogen (secondary N) is 1. The van der Waals surface area contributed by atoms with Crippen LogP contribution in [0.4, 0.5) is 0 Å². The quantitative estimate of drug-likeness (QED) is 0.644. The molecule has 0 saturated carbocycles. The molecule has 3 rings (SSSR count). The highest BCUT2D eigenvalue weighted by Gasteiger charge is 2.19. The number of hydrogen-bond donors (Lipinski definition) is 2. The molecule has 0 saturated heterocycles. The Hall–Kier alpha value is -2.29. The maximum atomic E-state index is 12.6. The van der Waals surface area contributed by atoms with Crippen LogP contribution in [0.2, 0.25) is 0 Å². The summed E-state index contributed by atoms with van der Waals surface area (Å²) in [6.07, 6.45) is 1.89. The van der Waals surface area contributed by atoms with Crippen molar-refractivity contribution < 1.29 is 12.9 Å².